The van der Waals surface area contributed by atoms with Gasteiger partial charge >= 0.3 is 0 Å². The molecule has 0 aliphatic heterocycles. The largest absolute Gasteiger partial charge is 0.507 e. The summed E-state index contributed by atoms with van der Waals surface area (Å²) in [7, 11) is 0. The van der Waals surface area contributed by atoms with Crippen molar-refractivity contribution in [2.24, 2.45) is 0 Å². The van der Waals surface area contributed by atoms with Crippen molar-refractivity contribution in [2.45, 2.75) is 64.7 Å². The van der Waals surface area contributed by atoms with Crippen LogP contribution in [0.3, 0.4) is 0 Å². The Labute approximate surface area is 157 Å². The van der Waals surface area contributed by atoms with Gasteiger partial charge < -0.3 is 10.4 Å². The monoisotopic (exact) mass is 353 g/mol. The third-order valence-corrected chi connectivity index (χ3v) is 4.68. The number of nitrogens with one attached hydrogen (secondary N) is 1. The van der Waals surface area contributed by atoms with E-state index in [1.54, 1.807) is 18.2 Å². The zero-order valence-corrected chi connectivity index (χ0v) is 15.8. The van der Waals surface area contributed by atoms with Crippen LogP contribution in [0.1, 0.15) is 74.2 Å². The van der Waals surface area contributed by atoms with Gasteiger partial charge in [-0.25, -0.2) is 0 Å². The van der Waals surface area contributed by atoms with Gasteiger partial charge in [0.05, 0.1) is 5.56 Å². The van der Waals surface area contributed by atoms with Crippen LogP contribution in [-0.4, -0.2) is 11.0 Å². The summed E-state index contributed by atoms with van der Waals surface area (Å²) in [5.74, 6) is -0.296. The fourth-order valence-corrected chi connectivity index (χ4v) is 3.08. The molecule has 0 saturated heterocycles. The van der Waals surface area contributed by atoms with Gasteiger partial charge in [-0.1, -0.05) is 76.1 Å². The van der Waals surface area contributed by atoms with E-state index in [9.17, 15) is 9.90 Å². The van der Waals surface area contributed by atoms with E-state index in [1.807, 2.05) is 12.1 Å². The number of anilines is 1. The van der Waals surface area contributed by atoms with Crippen molar-refractivity contribution in [2.75, 3.05) is 5.32 Å². The molecule has 0 aliphatic rings. The Balaban J connectivity index is 1.69. The lowest BCUT2D eigenvalue weighted by Crippen LogP contribution is -2.11. The van der Waals surface area contributed by atoms with Gasteiger partial charge in [-0.3, -0.25) is 4.79 Å². The normalized spacial score (nSPS) is 10.7. The van der Waals surface area contributed by atoms with E-state index in [0.29, 0.717) is 0 Å². The van der Waals surface area contributed by atoms with Gasteiger partial charge in [0.15, 0.2) is 0 Å². The van der Waals surface area contributed by atoms with Gasteiger partial charge in [0.1, 0.15) is 5.75 Å². The number of rotatable bonds is 11. The molecular weight excluding hydrogens is 322 g/mol. The van der Waals surface area contributed by atoms with Crippen LogP contribution in [0.2, 0.25) is 0 Å². The van der Waals surface area contributed by atoms with Crippen LogP contribution in [0.4, 0.5) is 5.69 Å². The molecule has 2 N–H and O–H groups in total. The highest BCUT2D eigenvalue weighted by atomic mass is 16.3. The third-order valence-electron chi connectivity index (χ3n) is 4.68. The molecule has 0 saturated carbocycles. The minimum atomic E-state index is -0.293. The Morgan fingerprint density at radius 3 is 2.12 bits per heavy atom. The number of phenols is 1. The Morgan fingerprint density at radius 2 is 1.46 bits per heavy atom. The summed E-state index contributed by atoms with van der Waals surface area (Å²) in [6.45, 7) is 2.25. The number of benzene rings is 2. The summed E-state index contributed by atoms with van der Waals surface area (Å²) < 4.78 is 0. The molecule has 0 radical (unpaired) electrons. The lowest BCUT2D eigenvalue weighted by atomic mass is 10.0. The van der Waals surface area contributed by atoms with Gasteiger partial charge in [-0.15, -0.1) is 0 Å². The highest BCUT2D eigenvalue weighted by Gasteiger charge is 2.10. The van der Waals surface area contributed by atoms with E-state index in [2.05, 4.69) is 24.4 Å². The molecule has 0 bridgehead atoms. The van der Waals surface area contributed by atoms with E-state index >= 15 is 0 Å². The molecule has 2 aromatic carbocycles. The maximum Gasteiger partial charge on any atom is 0.259 e. The first kappa shape index (κ1) is 20.0. The fourth-order valence-electron chi connectivity index (χ4n) is 3.08. The predicted molar refractivity (Wildman–Crippen MR) is 109 cm³/mol. The minimum Gasteiger partial charge on any atom is -0.507 e. The average Bonchev–Trinajstić information content (AvgIpc) is 2.65. The highest BCUT2D eigenvalue weighted by Crippen LogP contribution is 2.19. The van der Waals surface area contributed by atoms with Crippen LogP contribution in [0.15, 0.2) is 48.5 Å². The number of phenolic OH excluding ortho intramolecular Hbond substituents is 1. The number of aromatic hydroxyl groups is 1. The zero-order valence-electron chi connectivity index (χ0n) is 15.8. The molecule has 0 heterocycles. The first-order valence-electron chi connectivity index (χ1n) is 9.89. The number of hydrogen-bond donors (Lipinski definition) is 2. The Morgan fingerprint density at radius 1 is 0.846 bits per heavy atom. The molecule has 0 spiro atoms. The summed E-state index contributed by atoms with van der Waals surface area (Å²) in [5.41, 5.74) is 2.34. The number of carbonyl (C=O) groups excluding carboxylic acids is 1. The van der Waals surface area contributed by atoms with E-state index in [0.717, 1.165) is 12.1 Å². The quantitative estimate of drug-likeness (QED) is 0.464. The molecule has 140 valence electrons. The molecule has 0 atom stereocenters. The van der Waals surface area contributed by atoms with Crippen molar-refractivity contribution in [3.05, 3.63) is 59.7 Å². The van der Waals surface area contributed by atoms with Crippen LogP contribution < -0.4 is 5.32 Å². The molecule has 3 nitrogen and oxygen atoms in total. The molecule has 0 unspecified atom stereocenters. The molecule has 0 aromatic heterocycles. The molecule has 26 heavy (non-hydrogen) atoms. The second-order valence-electron chi connectivity index (χ2n) is 6.89. The van der Waals surface area contributed by atoms with Crippen molar-refractivity contribution < 1.29 is 9.90 Å². The Kier molecular flexibility index (Phi) is 8.74. The minimum absolute atomic E-state index is 0.00341. The maximum atomic E-state index is 12.2. The van der Waals surface area contributed by atoms with Crippen molar-refractivity contribution in [1.82, 2.24) is 0 Å². The molecule has 0 fully saturated rings. The molecule has 2 rings (SSSR count). The standard InChI is InChI=1S/C23H31NO2/c1-2-3-4-5-6-7-8-9-12-19-15-17-20(18-16-19)24-23(26)21-13-10-11-14-22(21)25/h10-11,13-18,25H,2-9,12H2,1H3,(H,24,26). The summed E-state index contributed by atoms with van der Waals surface area (Å²) in [4.78, 5) is 12.2. The molecule has 1 amide bonds. The summed E-state index contributed by atoms with van der Waals surface area (Å²) in [5, 5.41) is 12.6. The van der Waals surface area contributed by atoms with Crippen LogP contribution in [0.5, 0.6) is 5.75 Å². The van der Waals surface area contributed by atoms with Gasteiger partial charge in [0.25, 0.3) is 5.91 Å². The van der Waals surface area contributed by atoms with Gasteiger partial charge in [0, 0.05) is 5.69 Å². The van der Waals surface area contributed by atoms with Crippen molar-refractivity contribution in [3.8, 4) is 5.75 Å². The number of carbonyl (C=O) groups is 1. The molecule has 2 aromatic rings. The van der Waals surface area contributed by atoms with Crippen LogP contribution >= 0.6 is 0 Å². The average molecular weight is 354 g/mol. The predicted octanol–water partition coefficient (Wildman–Crippen LogP) is 6.33. The second-order valence-corrected chi connectivity index (χ2v) is 6.89. The first-order chi connectivity index (χ1) is 12.7. The van der Waals surface area contributed by atoms with Crippen molar-refractivity contribution in [3.63, 3.8) is 0 Å². The van der Waals surface area contributed by atoms with Crippen molar-refractivity contribution in [1.29, 1.82) is 0 Å². The lowest BCUT2D eigenvalue weighted by Gasteiger charge is -2.08. The molecule has 3 heteroatoms. The smallest absolute Gasteiger partial charge is 0.259 e. The van der Waals surface area contributed by atoms with Crippen molar-refractivity contribution >= 4 is 11.6 Å². The van der Waals surface area contributed by atoms with Gasteiger partial charge in [0.2, 0.25) is 0 Å². The lowest BCUT2D eigenvalue weighted by molar-refractivity contribution is 0.102. The number of amides is 1. The van der Waals surface area contributed by atoms with E-state index in [-0.39, 0.29) is 17.2 Å². The molecule has 0 aliphatic carbocycles. The molecular formula is C23H31NO2. The third kappa shape index (κ3) is 6.91. The summed E-state index contributed by atoms with van der Waals surface area (Å²) in [6.07, 6.45) is 11.7. The number of unbranched alkanes of at least 4 members (excludes halogenated alkanes) is 7. The van der Waals surface area contributed by atoms with Gasteiger partial charge in [-0.2, -0.15) is 0 Å². The highest BCUT2D eigenvalue weighted by molar-refractivity contribution is 6.06. The number of para-hydroxylation sites is 1. The van der Waals surface area contributed by atoms with Crippen LogP contribution in [0.25, 0.3) is 0 Å². The van der Waals surface area contributed by atoms with Crippen LogP contribution in [-0.2, 0) is 6.42 Å². The number of aryl methyl sites for hydroxylation is 1. The van der Waals surface area contributed by atoms with E-state index in [1.165, 1.54) is 63.0 Å². The summed E-state index contributed by atoms with van der Waals surface area (Å²) >= 11 is 0. The zero-order chi connectivity index (χ0) is 18.6. The Hall–Kier alpha value is -2.29. The van der Waals surface area contributed by atoms with E-state index in [4.69, 9.17) is 0 Å². The van der Waals surface area contributed by atoms with Gasteiger partial charge in [-0.05, 0) is 42.7 Å². The van der Waals surface area contributed by atoms with Crippen LogP contribution in [0, 0.1) is 0 Å². The maximum absolute atomic E-state index is 12.2. The Bertz CT molecular complexity index is 664. The topological polar surface area (TPSA) is 49.3 Å². The van der Waals surface area contributed by atoms with E-state index < -0.39 is 0 Å². The first-order valence-corrected chi connectivity index (χ1v) is 9.89. The SMILES string of the molecule is CCCCCCCCCCc1ccc(NC(=O)c2ccccc2O)cc1. The fraction of sp³-hybridized carbons (Fsp3) is 0.435. The number of hydrogen-bond acceptors (Lipinski definition) is 2. The summed E-state index contributed by atoms with van der Waals surface area (Å²) in [6, 6.07) is 14.6. The second kappa shape index (κ2) is 11.3.